The Bertz CT molecular complexity index is 673. The van der Waals surface area contributed by atoms with Gasteiger partial charge >= 0.3 is 5.69 Å². The summed E-state index contributed by atoms with van der Waals surface area (Å²) < 4.78 is 13.8. The van der Waals surface area contributed by atoms with Crippen LogP contribution in [0.4, 0.5) is 4.39 Å². The lowest BCUT2D eigenvalue weighted by molar-refractivity contribution is 0.367. The van der Waals surface area contributed by atoms with Crippen molar-refractivity contribution in [1.29, 1.82) is 0 Å². The number of nitrogens with one attached hydrogen (secondary N) is 1. The molecular weight excluding hydrogens is 249 g/mol. The molecule has 0 radical (unpaired) electrons. The third-order valence-electron chi connectivity index (χ3n) is 2.08. The summed E-state index contributed by atoms with van der Waals surface area (Å²) in [6.07, 6.45) is 1.60. The molecular formula is C9H8FN3O3S. The average Bonchev–Trinajstić information content (AvgIpc) is 2.67. The molecule has 0 saturated heterocycles. The van der Waals surface area contributed by atoms with E-state index in [0.717, 1.165) is 9.44 Å². The summed E-state index contributed by atoms with van der Waals surface area (Å²) in [6, 6.07) is 0. The molecule has 0 unspecified atom stereocenters. The second kappa shape index (κ2) is 4.13. The number of aryl methyl sites for hydroxylation is 1. The standard InChI is InChI=1S/C9H8FN3O3S/c1-4-2-11-5(17-4)3-13-8(15)6(10)7(14)12-9(13)16/h2,15H,3H2,1H3,(H,12,14,16). The van der Waals surface area contributed by atoms with E-state index in [1.165, 1.54) is 11.3 Å². The Kier molecular flexibility index (Phi) is 2.80. The fourth-order valence-electron chi connectivity index (χ4n) is 1.29. The lowest BCUT2D eigenvalue weighted by Gasteiger charge is -2.05. The van der Waals surface area contributed by atoms with Gasteiger partial charge in [-0.1, -0.05) is 0 Å². The molecule has 2 rings (SSSR count). The Morgan fingerprint density at radius 1 is 1.59 bits per heavy atom. The molecule has 2 aromatic rings. The molecule has 0 aliphatic heterocycles. The summed E-state index contributed by atoms with van der Waals surface area (Å²) in [5.74, 6) is -2.36. The summed E-state index contributed by atoms with van der Waals surface area (Å²) in [5.41, 5.74) is -2.11. The van der Waals surface area contributed by atoms with Gasteiger partial charge in [-0.3, -0.25) is 14.3 Å². The van der Waals surface area contributed by atoms with E-state index < -0.39 is 22.9 Å². The van der Waals surface area contributed by atoms with Crippen molar-refractivity contribution >= 4 is 11.3 Å². The maximum atomic E-state index is 13.1. The number of rotatable bonds is 2. The molecule has 90 valence electrons. The van der Waals surface area contributed by atoms with E-state index in [9.17, 15) is 19.1 Å². The second-order valence-electron chi connectivity index (χ2n) is 3.35. The predicted octanol–water partition coefficient (Wildman–Crippen LogP) is 0.195. The van der Waals surface area contributed by atoms with Crippen LogP contribution in [-0.4, -0.2) is 19.6 Å². The summed E-state index contributed by atoms with van der Waals surface area (Å²) in [6.45, 7) is 1.74. The first-order valence-electron chi connectivity index (χ1n) is 4.62. The number of halogens is 1. The van der Waals surface area contributed by atoms with Gasteiger partial charge in [0.25, 0.3) is 5.56 Å². The van der Waals surface area contributed by atoms with Crippen LogP contribution < -0.4 is 11.2 Å². The molecule has 2 heterocycles. The zero-order chi connectivity index (χ0) is 12.6. The lowest BCUT2D eigenvalue weighted by atomic mass is 10.5. The zero-order valence-electron chi connectivity index (χ0n) is 8.73. The number of aromatic nitrogens is 3. The number of thiazole rings is 1. The van der Waals surface area contributed by atoms with Gasteiger partial charge in [0.1, 0.15) is 5.01 Å². The smallest absolute Gasteiger partial charge is 0.331 e. The number of hydrogen-bond donors (Lipinski definition) is 2. The van der Waals surface area contributed by atoms with Gasteiger partial charge in [-0.2, -0.15) is 4.39 Å². The molecule has 8 heteroatoms. The Morgan fingerprint density at radius 2 is 2.29 bits per heavy atom. The highest BCUT2D eigenvalue weighted by atomic mass is 32.1. The first kappa shape index (κ1) is 11.5. The largest absolute Gasteiger partial charge is 0.492 e. The van der Waals surface area contributed by atoms with Gasteiger partial charge in [-0.05, 0) is 6.92 Å². The Balaban J connectivity index is 2.50. The minimum absolute atomic E-state index is 0.0864. The van der Waals surface area contributed by atoms with E-state index in [1.807, 2.05) is 6.92 Å². The molecule has 0 amide bonds. The molecule has 0 spiro atoms. The normalized spacial score (nSPS) is 10.7. The summed E-state index contributed by atoms with van der Waals surface area (Å²) in [5, 5.41) is 9.91. The van der Waals surface area contributed by atoms with Crippen molar-refractivity contribution in [2.45, 2.75) is 13.5 Å². The average molecular weight is 257 g/mol. The summed E-state index contributed by atoms with van der Waals surface area (Å²) in [7, 11) is 0. The van der Waals surface area contributed by atoms with Gasteiger partial charge in [-0.25, -0.2) is 9.78 Å². The van der Waals surface area contributed by atoms with Gasteiger partial charge in [0.05, 0.1) is 6.54 Å². The van der Waals surface area contributed by atoms with Crippen LogP contribution in [-0.2, 0) is 6.54 Å². The minimum atomic E-state index is -1.38. The monoisotopic (exact) mass is 257 g/mol. The van der Waals surface area contributed by atoms with Crippen LogP contribution in [0.3, 0.4) is 0 Å². The Labute approximate surface area is 98.0 Å². The molecule has 0 aliphatic rings. The van der Waals surface area contributed by atoms with E-state index in [-0.39, 0.29) is 6.54 Å². The number of H-pyrrole nitrogens is 1. The van der Waals surface area contributed by atoms with Crippen molar-refractivity contribution in [2.75, 3.05) is 0 Å². The minimum Gasteiger partial charge on any atom is -0.492 e. The number of nitrogens with zero attached hydrogens (tertiary/aromatic N) is 2. The topological polar surface area (TPSA) is 88.0 Å². The highest BCUT2D eigenvalue weighted by Crippen LogP contribution is 2.15. The van der Waals surface area contributed by atoms with E-state index in [4.69, 9.17) is 0 Å². The van der Waals surface area contributed by atoms with Gasteiger partial charge in [0.2, 0.25) is 11.7 Å². The lowest BCUT2D eigenvalue weighted by Crippen LogP contribution is -2.32. The van der Waals surface area contributed by atoms with E-state index in [0.29, 0.717) is 5.01 Å². The van der Waals surface area contributed by atoms with Crippen molar-refractivity contribution in [3.63, 3.8) is 0 Å². The number of aromatic hydroxyl groups is 1. The van der Waals surface area contributed by atoms with Crippen molar-refractivity contribution in [3.8, 4) is 5.88 Å². The molecule has 0 atom stereocenters. The molecule has 0 fully saturated rings. The van der Waals surface area contributed by atoms with Crippen LogP contribution >= 0.6 is 11.3 Å². The maximum absolute atomic E-state index is 13.1. The quantitative estimate of drug-likeness (QED) is 0.804. The molecule has 0 aromatic carbocycles. The Morgan fingerprint density at radius 3 is 2.88 bits per heavy atom. The van der Waals surface area contributed by atoms with Gasteiger partial charge < -0.3 is 5.11 Å². The Hall–Kier alpha value is -1.96. The van der Waals surface area contributed by atoms with Crippen LogP contribution in [0.5, 0.6) is 5.88 Å². The predicted molar refractivity (Wildman–Crippen MR) is 58.9 cm³/mol. The highest BCUT2D eigenvalue weighted by Gasteiger charge is 2.14. The van der Waals surface area contributed by atoms with Crippen molar-refractivity contribution in [1.82, 2.24) is 14.5 Å². The zero-order valence-corrected chi connectivity index (χ0v) is 9.55. The molecule has 0 saturated carbocycles. The van der Waals surface area contributed by atoms with Crippen molar-refractivity contribution in [3.05, 3.63) is 42.7 Å². The van der Waals surface area contributed by atoms with Crippen LogP contribution in [0, 0.1) is 12.7 Å². The molecule has 2 aromatic heterocycles. The molecule has 17 heavy (non-hydrogen) atoms. The van der Waals surface area contributed by atoms with Crippen LogP contribution in [0.2, 0.25) is 0 Å². The van der Waals surface area contributed by atoms with Crippen molar-refractivity contribution < 1.29 is 9.50 Å². The fourth-order valence-corrected chi connectivity index (χ4v) is 2.07. The first-order valence-corrected chi connectivity index (χ1v) is 5.43. The summed E-state index contributed by atoms with van der Waals surface area (Å²) in [4.78, 5) is 28.9. The summed E-state index contributed by atoms with van der Waals surface area (Å²) >= 11 is 1.31. The van der Waals surface area contributed by atoms with Gasteiger partial charge in [0.15, 0.2) is 0 Å². The number of aromatic amines is 1. The second-order valence-corrected chi connectivity index (χ2v) is 4.67. The van der Waals surface area contributed by atoms with Gasteiger partial charge in [-0.15, -0.1) is 11.3 Å². The van der Waals surface area contributed by atoms with Crippen molar-refractivity contribution in [2.24, 2.45) is 0 Å². The van der Waals surface area contributed by atoms with E-state index in [2.05, 4.69) is 4.98 Å². The van der Waals surface area contributed by atoms with Gasteiger partial charge in [0, 0.05) is 11.1 Å². The number of hydrogen-bond acceptors (Lipinski definition) is 5. The van der Waals surface area contributed by atoms with E-state index in [1.54, 1.807) is 11.2 Å². The first-order chi connectivity index (χ1) is 7.99. The molecule has 2 N–H and O–H groups in total. The van der Waals surface area contributed by atoms with Crippen LogP contribution in [0.15, 0.2) is 15.8 Å². The molecule has 0 aliphatic carbocycles. The third-order valence-corrected chi connectivity index (χ3v) is 2.98. The molecule has 6 nitrogen and oxygen atoms in total. The van der Waals surface area contributed by atoms with Crippen LogP contribution in [0.1, 0.15) is 9.88 Å². The maximum Gasteiger partial charge on any atom is 0.331 e. The fraction of sp³-hybridized carbons (Fsp3) is 0.222. The SMILES string of the molecule is Cc1cnc(Cn2c(O)c(F)c(=O)[nH]c2=O)s1. The molecule has 0 bridgehead atoms. The van der Waals surface area contributed by atoms with Crippen LogP contribution in [0.25, 0.3) is 0 Å². The van der Waals surface area contributed by atoms with E-state index >= 15 is 0 Å². The highest BCUT2D eigenvalue weighted by molar-refractivity contribution is 7.11. The third kappa shape index (κ3) is 2.11.